The van der Waals surface area contributed by atoms with Crippen molar-refractivity contribution < 1.29 is 18.0 Å². The molecule has 44 heavy (non-hydrogen) atoms. The van der Waals surface area contributed by atoms with Gasteiger partial charge >= 0.3 is 0 Å². The molecule has 0 aliphatic carbocycles. The highest BCUT2D eigenvalue weighted by atomic mass is 35.5. The van der Waals surface area contributed by atoms with Crippen LogP contribution in [-0.2, 0) is 32.6 Å². The van der Waals surface area contributed by atoms with Crippen LogP contribution >= 0.6 is 11.6 Å². The van der Waals surface area contributed by atoms with Crippen molar-refractivity contribution in [2.24, 2.45) is 0 Å². The zero-order valence-electron chi connectivity index (χ0n) is 25.2. The molecule has 4 rings (SSSR count). The summed E-state index contributed by atoms with van der Waals surface area (Å²) in [6.07, 6.45) is 0.981. The zero-order valence-corrected chi connectivity index (χ0v) is 26.8. The fourth-order valence-electron chi connectivity index (χ4n) is 4.95. The molecule has 4 aromatic rings. The molecule has 0 aliphatic rings. The quantitative estimate of drug-likeness (QED) is 0.187. The fraction of sp³-hybridized carbons (Fsp3) is 0.257. The van der Waals surface area contributed by atoms with Crippen molar-refractivity contribution in [2.45, 2.75) is 51.1 Å². The lowest BCUT2D eigenvalue weighted by Crippen LogP contribution is -2.53. The second-order valence-electron chi connectivity index (χ2n) is 10.7. The normalized spacial score (nSPS) is 11.9. The molecule has 2 amide bonds. The van der Waals surface area contributed by atoms with Crippen molar-refractivity contribution in [3.8, 4) is 0 Å². The molecule has 1 N–H and O–H groups in total. The Hall–Kier alpha value is -4.14. The van der Waals surface area contributed by atoms with Crippen molar-refractivity contribution >= 4 is 39.1 Å². The molecule has 0 unspecified atom stereocenters. The van der Waals surface area contributed by atoms with E-state index in [1.165, 1.54) is 17.0 Å². The maximum atomic E-state index is 14.5. The van der Waals surface area contributed by atoms with Gasteiger partial charge in [-0.1, -0.05) is 91.3 Å². The first-order valence-electron chi connectivity index (χ1n) is 14.6. The van der Waals surface area contributed by atoms with Gasteiger partial charge in [0.05, 0.1) is 10.6 Å². The summed E-state index contributed by atoms with van der Waals surface area (Å²) in [6, 6.07) is 29.1. The molecule has 0 spiro atoms. The van der Waals surface area contributed by atoms with E-state index >= 15 is 0 Å². The topological polar surface area (TPSA) is 86.8 Å². The number of rotatable bonds is 13. The van der Waals surface area contributed by atoms with Gasteiger partial charge in [-0.15, -0.1) is 0 Å². The molecule has 0 aliphatic heterocycles. The van der Waals surface area contributed by atoms with Crippen molar-refractivity contribution in [1.29, 1.82) is 0 Å². The van der Waals surface area contributed by atoms with Crippen LogP contribution in [0.2, 0.25) is 5.02 Å². The van der Waals surface area contributed by atoms with E-state index in [2.05, 4.69) is 5.32 Å². The first-order valence-corrected chi connectivity index (χ1v) is 16.4. The molecular formula is C35H38ClN3O4S. The minimum absolute atomic E-state index is 0.0690. The van der Waals surface area contributed by atoms with E-state index in [9.17, 15) is 18.0 Å². The fourth-order valence-corrected chi connectivity index (χ4v) is 6.56. The van der Waals surface area contributed by atoms with Crippen LogP contribution in [0.15, 0.2) is 108 Å². The third kappa shape index (κ3) is 8.07. The first-order chi connectivity index (χ1) is 21.1. The average Bonchev–Trinajstić information content (AvgIpc) is 3.03. The van der Waals surface area contributed by atoms with Gasteiger partial charge in [-0.25, -0.2) is 8.42 Å². The molecule has 0 heterocycles. The molecule has 0 radical (unpaired) electrons. The number of benzene rings is 4. The number of hydrogen-bond donors (Lipinski definition) is 1. The van der Waals surface area contributed by atoms with Crippen LogP contribution in [0.4, 0.5) is 5.69 Å². The van der Waals surface area contributed by atoms with Gasteiger partial charge in [0.25, 0.3) is 10.0 Å². The Labute approximate surface area is 265 Å². The van der Waals surface area contributed by atoms with Gasteiger partial charge in [0.1, 0.15) is 12.6 Å². The van der Waals surface area contributed by atoms with Crippen LogP contribution in [0.25, 0.3) is 0 Å². The molecule has 1 atom stereocenters. The smallest absolute Gasteiger partial charge is 0.264 e. The lowest BCUT2D eigenvalue weighted by atomic mass is 10.0. The van der Waals surface area contributed by atoms with Crippen LogP contribution in [0, 0.1) is 13.8 Å². The maximum absolute atomic E-state index is 14.5. The molecule has 9 heteroatoms. The number of aryl methyl sites for hydroxylation is 1. The Morgan fingerprint density at radius 1 is 0.818 bits per heavy atom. The number of halogens is 1. The summed E-state index contributed by atoms with van der Waals surface area (Å²) >= 11 is 6.14. The Balaban J connectivity index is 1.81. The maximum Gasteiger partial charge on any atom is 0.264 e. The Kier molecular flexibility index (Phi) is 11.2. The van der Waals surface area contributed by atoms with Gasteiger partial charge < -0.3 is 10.2 Å². The Morgan fingerprint density at radius 2 is 1.45 bits per heavy atom. The van der Waals surface area contributed by atoms with Crippen molar-refractivity contribution in [3.63, 3.8) is 0 Å². The molecule has 0 fully saturated rings. The number of sulfonamides is 1. The van der Waals surface area contributed by atoms with Crippen molar-refractivity contribution in [3.05, 3.63) is 130 Å². The van der Waals surface area contributed by atoms with Crippen molar-refractivity contribution in [2.75, 3.05) is 17.4 Å². The van der Waals surface area contributed by atoms with Crippen LogP contribution in [-0.4, -0.2) is 44.3 Å². The minimum atomic E-state index is -4.15. The Morgan fingerprint density at radius 3 is 2.09 bits per heavy atom. The lowest BCUT2D eigenvalue weighted by molar-refractivity contribution is -0.140. The summed E-state index contributed by atoms with van der Waals surface area (Å²) in [5.41, 5.74) is 3.67. The predicted molar refractivity (Wildman–Crippen MR) is 176 cm³/mol. The lowest BCUT2D eigenvalue weighted by Gasteiger charge is -2.34. The third-order valence-electron chi connectivity index (χ3n) is 7.54. The van der Waals surface area contributed by atoms with E-state index in [0.717, 1.165) is 33.0 Å². The minimum Gasteiger partial charge on any atom is -0.354 e. The molecule has 230 valence electrons. The van der Waals surface area contributed by atoms with Gasteiger partial charge in [-0.3, -0.25) is 13.9 Å². The Bertz CT molecular complexity index is 1660. The van der Waals surface area contributed by atoms with Gasteiger partial charge in [0, 0.05) is 24.5 Å². The number of anilines is 1. The number of amides is 2. The molecule has 0 saturated carbocycles. The number of carbonyl (C=O) groups is 2. The highest BCUT2D eigenvalue weighted by molar-refractivity contribution is 7.92. The van der Waals surface area contributed by atoms with Gasteiger partial charge in [-0.2, -0.15) is 0 Å². The second-order valence-corrected chi connectivity index (χ2v) is 13.0. The number of hydrogen-bond acceptors (Lipinski definition) is 4. The van der Waals surface area contributed by atoms with Gasteiger partial charge in [0.15, 0.2) is 0 Å². The second kappa shape index (κ2) is 15.0. The van der Waals surface area contributed by atoms with Gasteiger partial charge in [0.2, 0.25) is 11.8 Å². The van der Waals surface area contributed by atoms with E-state index in [0.29, 0.717) is 17.3 Å². The standard InChI is InChI=1S/C35H38ClN3O4S/c1-4-22-37-35(41)33(23-28-13-7-5-8-14-28)38(24-29-18-20-30(36)21-19-29)34(40)25-39(32-17-11-12-26(2)27(32)3)44(42,43)31-15-9-6-10-16-31/h5-21,33H,4,22-25H2,1-3H3,(H,37,41)/t33-/m0/s1. The summed E-state index contributed by atoms with van der Waals surface area (Å²) < 4.78 is 29.5. The third-order valence-corrected chi connectivity index (χ3v) is 9.57. The molecular weight excluding hydrogens is 594 g/mol. The highest BCUT2D eigenvalue weighted by Crippen LogP contribution is 2.29. The molecule has 0 saturated heterocycles. The monoisotopic (exact) mass is 631 g/mol. The van der Waals surface area contributed by atoms with E-state index < -0.39 is 28.5 Å². The number of nitrogens with zero attached hydrogens (tertiary/aromatic N) is 2. The predicted octanol–water partition coefficient (Wildman–Crippen LogP) is 6.32. The van der Waals surface area contributed by atoms with E-state index in [4.69, 9.17) is 11.6 Å². The SMILES string of the molecule is CCCNC(=O)[C@H](Cc1ccccc1)N(Cc1ccc(Cl)cc1)C(=O)CN(c1cccc(C)c1C)S(=O)(=O)c1ccccc1. The average molecular weight is 632 g/mol. The summed E-state index contributed by atoms with van der Waals surface area (Å²) in [6.45, 7) is 5.73. The van der Waals surface area contributed by atoms with E-state index in [1.807, 2.05) is 57.2 Å². The molecule has 4 aromatic carbocycles. The van der Waals surface area contributed by atoms with E-state index in [-0.39, 0.29) is 23.8 Å². The molecule has 0 aromatic heterocycles. The molecule has 7 nitrogen and oxygen atoms in total. The summed E-state index contributed by atoms with van der Waals surface area (Å²) in [5, 5.41) is 3.50. The first kappa shape index (κ1) is 32.8. The summed E-state index contributed by atoms with van der Waals surface area (Å²) in [4.78, 5) is 29.8. The van der Waals surface area contributed by atoms with Crippen LogP contribution in [0.3, 0.4) is 0 Å². The summed E-state index contributed by atoms with van der Waals surface area (Å²) in [7, 11) is -4.15. The number of carbonyl (C=O) groups excluding carboxylic acids is 2. The van der Waals surface area contributed by atoms with Crippen molar-refractivity contribution in [1.82, 2.24) is 10.2 Å². The zero-order chi connectivity index (χ0) is 31.7. The van der Waals surface area contributed by atoms with Crippen LogP contribution < -0.4 is 9.62 Å². The van der Waals surface area contributed by atoms with Crippen LogP contribution in [0.1, 0.15) is 35.6 Å². The van der Waals surface area contributed by atoms with Crippen LogP contribution in [0.5, 0.6) is 0 Å². The molecule has 0 bridgehead atoms. The number of nitrogens with one attached hydrogen (secondary N) is 1. The van der Waals surface area contributed by atoms with E-state index in [1.54, 1.807) is 54.6 Å². The largest absolute Gasteiger partial charge is 0.354 e. The summed E-state index contributed by atoms with van der Waals surface area (Å²) in [5.74, 6) is -0.810. The van der Waals surface area contributed by atoms with Gasteiger partial charge in [-0.05, 0) is 72.9 Å². The highest BCUT2D eigenvalue weighted by Gasteiger charge is 2.35.